The Balaban J connectivity index is 1.66. The molecule has 4 nitrogen and oxygen atoms in total. The first-order valence-electron chi connectivity index (χ1n) is 8.07. The summed E-state index contributed by atoms with van der Waals surface area (Å²) in [6.45, 7) is 1.20. The minimum absolute atomic E-state index is 0.241. The molecule has 0 radical (unpaired) electrons. The van der Waals surface area contributed by atoms with Crippen LogP contribution in [-0.2, 0) is 6.54 Å². The molecule has 25 heavy (non-hydrogen) atoms. The van der Waals surface area contributed by atoms with Crippen molar-refractivity contribution in [1.82, 2.24) is 4.98 Å². The van der Waals surface area contributed by atoms with Gasteiger partial charge < -0.3 is 11.1 Å². The molecule has 1 aromatic heterocycles. The van der Waals surface area contributed by atoms with E-state index in [1.54, 1.807) is 12.1 Å². The van der Waals surface area contributed by atoms with E-state index in [4.69, 9.17) is 5.73 Å². The number of pyridine rings is 1. The lowest BCUT2D eigenvalue weighted by Crippen LogP contribution is -2.03. The fraction of sp³-hybridized carbons (Fsp3) is 0.100. The number of halogens is 1. The Bertz CT molecular complexity index is 1010. The van der Waals surface area contributed by atoms with Crippen molar-refractivity contribution < 1.29 is 4.39 Å². The second-order valence-electron chi connectivity index (χ2n) is 5.99. The highest BCUT2D eigenvalue weighted by Gasteiger charge is 2.09. The number of fused-ring (bicyclic) bond motifs is 1. The lowest BCUT2D eigenvalue weighted by atomic mass is 10.0. The summed E-state index contributed by atoms with van der Waals surface area (Å²) < 4.78 is 13.3. The molecule has 0 fully saturated rings. The van der Waals surface area contributed by atoms with Crippen LogP contribution in [0, 0.1) is 5.82 Å². The third-order valence-electron chi connectivity index (χ3n) is 4.22. The Morgan fingerprint density at radius 3 is 2.84 bits per heavy atom. The number of hydrogen-bond donors (Lipinski definition) is 2. The van der Waals surface area contributed by atoms with E-state index in [1.165, 1.54) is 17.7 Å². The standard InChI is InChI=1S/C20H17FN4/c21-16-3-1-2-13(8-16)11-24-18-10-20(22)25-19-9-14(4-5-17(18)19)15-6-7-23-12-15/h1-10H,11-12H2,(H3,22,24,25). The average Bonchev–Trinajstić information content (AvgIpc) is 3.13. The zero-order chi connectivity index (χ0) is 17.2. The van der Waals surface area contributed by atoms with E-state index in [2.05, 4.69) is 21.4 Å². The van der Waals surface area contributed by atoms with E-state index < -0.39 is 0 Å². The van der Waals surface area contributed by atoms with Gasteiger partial charge in [-0.3, -0.25) is 4.99 Å². The summed E-state index contributed by atoms with van der Waals surface area (Å²) >= 11 is 0. The Labute approximate surface area is 144 Å². The van der Waals surface area contributed by atoms with E-state index in [-0.39, 0.29) is 5.82 Å². The summed E-state index contributed by atoms with van der Waals surface area (Å²) in [4.78, 5) is 8.67. The first-order valence-corrected chi connectivity index (χ1v) is 8.07. The molecule has 0 spiro atoms. The number of nitrogens with two attached hydrogens (primary N) is 1. The van der Waals surface area contributed by atoms with Crippen molar-refractivity contribution >= 4 is 34.2 Å². The number of hydrogen-bond acceptors (Lipinski definition) is 4. The van der Waals surface area contributed by atoms with Gasteiger partial charge in [-0.05, 0) is 41.0 Å². The summed E-state index contributed by atoms with van der Waals surface area (Å²) in [5.41, 5.74) is 10.8. The van der Waals surface area contributed by atoms with Gasteiger partial charge in [0, 0.05) is 29.9 Å². The molecule has 0 saturated heterocycles. The van der Waals surface area contributed by atoms with Gasteiger partial charge in [-0.2, -0.15) is 0 Å². The molecule has 3 N–H and O–H groups in total. The van der Waals surface area contributed by atoms with Crippen LogP contribution in [0.1, 0.15) is 11.1 Å². The number of rotatable bonds is 4. The number of nitrogen functional groups attached to an aromatic ring is 1. The molecule has 5 heteroatoms. The van der Waals surface area contributed by atoms with Crippen molar-refractivity contribution in [3.8, 4) is 0 Å². The predicted octanol–water partition coefficient (Wildman–Crippen LogP) is 4.04. The molecule has 0 amide bonds. The molecule has 0 atom stereocenters. The fourth-order valence-corrected chi connectivity index (χ4v) is 2.97. The van der Waals surface area contributed by atoms with Crippen LogP contribution < -0.4 is 11.1 Å². The fourth-order valence-electron chi connectivity index (χ4n) is 2.97. The first kappa shape index (κ1) is 15.3. The second-order valence-corrected chi connectivity index (χ2v) is 5.99. The molecule has 3 aromatic rings. The normalized spacial score (nSPS) is 13.2. The Morgan fingerprint density at radius 2 is 2.04 bits per heavy atom. The molecule has 0 saturated carbocycles. The van der Waals surface area contributed by atoms with Crippen LogP contribution in [0.25, 0.3) is 16.5 Å². The first-order chi connectivity index (χ1) is 12.2. The number of anilines is 2. The van der Waals surface area contributed by atoms with Gasteiger partial charge in [0.15, 0.2) is 0 Å². The Kier molecular flexibility index (Phi) is 3.90. The zero-order valence-corrected chi connectivity index (χ0v) is 13.5. The highest BCUT2D eigenvalue weighted by molar-refractivity contribution is 5.97. The van der Waals surface area contributed by atoms with Gasteiger partial charge in [0.25, 0.3) is 0 Å². The molecular weight excluding hydrogens is 315 g/mol. The summed E-state index contributed by atoms with van der Waals surface area (Å²) in [5, 5.41) is 4.32. The number of nitrogens with zero attached hydrogens (tertiary/aromatic N) is 2. The highest BCUT2D eigenvalue weighted by Crippen LogP contribution is 2.28. The molecule has 0 unspecified atom stereocenters. The number of aliphatic imine (C=N–C) groups is 1. The van der Waals surface area contributed by atoms with Crippen LogP contribution >= 0.6 is 0 Å². The summed E-state index contributed by atoms with van der Waals surface area (Å²) in [6, 6.07) is 14.5. The molecule has 1 aliphatic rings. The van der Waals surface area contributed by atoms with Gasteiger partial charge in [0.1, 0.15) is 11.6 Å². The van der Waals surface area contributed by atoms with E-state index in [9.17, 15) is 4.39 Å². The van der Waals surface area contributed by atoms with E-state index in [0.717, 1.165) is 27.7 Å². The van der Waals surface area contributed by atoms with Crippen LogP contribution in [0.3, 0.4) is 0 Å². The SMILES string of the molecule is Nc1cc(NCc2cccc(F)c2)c2ccc(C3=CC=NC3)cc2n1. The van der Waals surface area contributed by atoms with Crippen molar-refractivity contribution in [2.24, 2.45) is 4.99 Å². The van der Waals surface area contributed by atoms with Crippen LogP contribution in [0.5, 0.6) is 0 Å². The summed E-state index contributed by atoms with van der Waals surface area (Å²) in [7, 11) is 0. The number of aromatic nitrogens is 1. The van der Waals surface area contributed by atoms with Gasteiger partial charge in [-0.15, -0.1) is 0 Å². The third kappa shape index (κ3) is 3.21. The Morgan fingerprint density at radius 1 is 1.12 bits per heavy atom. The van der Waals surface area contributed by atoms with Crippen molar-refractivity contribution in [2.75, 3.05) is 17.6 Å². The van der Waals surface area contributed by atoms with Crippen molar-refractivity contribution in [1.29, 1.82) is 0 Å². The molecule has 4 rings (SSSR count). The zero-order valence-electron chi connectivity index (χ0n) is 13.5. The predicted molar refractivity (Wildman–Crippen MR) is 101 cm³/mol. The molecule has 0 bridgehead atoms. The summed E-state index contributed by atoms with van der Waals surface area (Å²) in [5.74, 6) is 0.207. The maximum atomic E-state index is 13.3. The maximum Gasteiger partial charge on any atom is 0.126 e. The van der Waals surface area contributed by atoms with Gasteiger partial charge in [-0.25, -0.2) is 9.37 Å². The van der Waals surface area contributed by atoms with Gasteiger partial charge in [-0.1, -0.05) is 24.3 Å². The number of benzene rings is 2. The maximum absolute atomic E-state index is 13.3. The van der Waals surface area contributed by atoms with E-state index in [0.29, 0.717) is 18.9 Å². The molecular formula is C20H17FN4. The topological polar surface area (TPSA) is 63.3 Å². The van der Waals surface area contributed by atoms with Crippen LogP contribution in [-0.4, -0.2) is 17.7 Å². The largest absolute Gasteiger partial charge is 0.384 e. The van der Waals surface area contributed by atoms with Crippen LogP contribution in [0.15, 0.2) is 59.6 Å². The molecule has 1 aliphatic heterocycles. The molecule has 124 valence electrons. The smallest absolute Gasteiger partial charge is 0.126 e. The monoisotopic (exact) mass is 332 g/mol. The van der Waals surface area contributed by atoms with Crippen molar-refractivity contribution in [3.05, 3.63) is 71.6 Å². The van der Waals surface area contributed by atoms with Crippen molar-refractivity contribution in [2.45, 2.75) is 6.54 Å². The number of allylic oxidation sites excluding steroid dienone is 1. The number of nitrogens with one attached hydrogen (secondary N) is 1. The van der Waals surface area contributed by atoms with Crippen LogP contribution in [0.4, 0.5) is 15.9 Å². The lowest BCUT2D eigenvalue weighted by Gasteiger charge is -2.12. The molecule has 0 aliphatic carbocycles. The molecule has 2 aromatic carbocycles. The Hall–Kier alpha value is -3.21. The minimum Gasteiger partial charge on any atom is -0.384 e. The van der Waals surface area contributed by atoms with Crippen molar-refractivity contribution in [3.63, 3.8) is 0 Å². The average molecular weight is 332 g/mol. The summed E-state index contributed by atoms with van der Waals surface area (Å²) in [6.07, 6.45) is 3.83. The minimum atomic E-state index is -0.241. The third-order valence-corrected chi connectivity index (χ3v) is 4.22. The van der Waals surface area contributed by atoms with E-state index in [1.807, 2.05) is 30.5 Å². The molecule has 2 heterocycles. The van der Waals surface area contributed by atoms with Gasteiger partial charge in [0.05, 0.1) is 12.1 Å². The highest BCUT2D eigenvalue weighted by atomic mass is 19.1. The quantitative estimate of drug-likeness (QED) is 0.758. The van der Waals surface area contributed by atoms with E-state index >= 15 is 0 Å². The van der Waals surface area contributed by atoms with Gasteiger partial charge in [0.2, 0.25) is 0 Å². The second kappa shape index (κ2) is 6.36. The van der Waals surface area contributed by atoms with Crippen LogP contribution in [0.2, 0.25) is 0 Å². The lowest BCUT2D eigenvalue weighted by molar-refractivity contribution is 0.626. The van der Waals surface area contributed by atoms with Gasteiger partial charge >= 0.3 is 0 Å².